The first-order valence-electron chi connectivity index (χ1n) is 11.2. The van der Waals surface area contributed by atoms with E-state index >= 15 is 0 Å². The third-order valence-corrected chi connectivity index (χ3v) is 6.03. The van der Waals surface area contributed by atoms with E-state index in [4.69, 9.17) is 13.9 Å². The van der Waals surface area contributed by atoms with Gasteiger partial charge in [0.1, 0.15) is 17.1 Å². The number of ether oxygens (including phenoxy) is 2. The predicted octanol–water partition coefficient (Wildman–Crippen LogP) is 6.45. The number of aryl methyl sites for hydroxylation is 2. The van der Waals surface area contributed by atoms with Crippen molar-refractivity contribution in [1.82, 2.24) is 5.32 Å². The van der Waals surface area contributed by atoms with Crippen LogP contribution in [0.25, 0.3) is 27.7 Å². The third-order valence-electron chi connectivity index (χ3n) is 6.03. The SMILES string of the molecule is COc1ccccc1CNC(=O)/C=C(\C)c1cc2c(-c3ccc(C)cc3)coc2c(C)c1OC. The average Bonchev–Trinajstić information content (AvgIpc) is 3.27. The van der Waals surface area contributed by atoms with E-state index in [-0.39, 0.29) is 5.91 Å². The minimum absolute atomic E-state index is 0.186. The van der Waals surface area contributed by atoms with E-state index in [2.05, 4.69) is 36.5 Å². The molecule has 174 valence electrons. The molecule has 1 amide bonds. The zero-order valence-electron chi connectivity index (χ0n) is 20.2. The number of carbonyl (C=O) groups excluding carboxylic acids is 1. The highest BCUT2D eigenvalue weighted by atomic mass is 16.5. The Bertz CT molecular complexity index is 1360. The lowest BCUT2D eigenvalue weighted by Gasteiger charge is -2.13. The first kappa shape index (κ1) is 23.2. The van der Waals surface area contributed by atoms with Gasteiger partial charge in [-0.3, -0.25) is 4.79 Å². The highest BCUT2D eigenvalue weighted by molar-refractivity contribution is 6.01. The number of hydrogen-bond acceptors (Lipinski definition) is 4. The van der Waals surface area contributed by atoms with Crippen LogP contribution in [0.4, 0.5) is 0 Å². The monoisotopic (exact) mass is 455 g/mol. The molecule has 5 heteroatoms. The largest absolute Gasteiger partial charge is 0.496 e. The highest BCUT2D eigenvalue weighted by Gasteiger charge is 2.19. The number of allylic oxidation sites excluding steroid dienone is 1. The van der Waals surface area contributed by atoms with Crippen molar-refractivity contribution in [3.63, 3.8) is 0 Å². The number of furan rings is 1. The molecule has 4 aromatic rings. The zero-order chi connectivity index (χ0) is 24.2. The van der Waals surface area contributed by atoms with Crippen molar-refractivity contribution < 1.29 is 18.7 Å². The number of fused-ring (bicyclic) bond motifs is 1. The summed E-state index contributed by atoms with van der Waals surface area (Å²) in [5.41, 5.74) is 7.55. The maximum absolute atomic E-state index is 12.7. The Labute approximate surface area is 200 Å². The van der Waals surface area contributed by atoms with Crippen molar-refractivity contribution in [3.8, 4) is 22.6 Å². The standard InChI is InChI=1S/C29H29NO4/c1-18-10-12-21(13-11-18)25-17-34-29-20(3)28(33-5)23(15-24(25)29)19(2)14-27(31)30-16-22-8-6-7-9-26(22)32-4/h6-15,17H,16H2,1-5H3,(H,30,31)/b19-14+. The first-order chi connectivity index (χ1) is 16.4. The van der Waals surface area contributed by atoms with Crippen LogP contribution < -0.4 is 14.8 Å². The van der Waals surface area contributed by atoms with E-state index in [9.17, 15) is 4.79 Å². The van der Waals surface area contributed by atoms with Gasteiger partial charge in [0.25, 0.3) is 0 Å². The Balaban J connectivity index is 1.67. The zero-order valence-corrected chi connectivity index (χ0v) is 20.2. The maximum Gasteiger partial charge on any atom is 0.244 e. The summed E-state index contributed by atoms with van der Waals surface area (Å²) >= 11 is 0. The average molecular weight is 456 g/mol. The number of para-hydroxylation sites is 1. The molecule has 3 aromatic carbocycles. The molecule has 0 radical (unpaired) electrons. The Morgan fingerprint density at radius 1 is 1.03 bits per heavy atom. The molecule has 0 atom stereocenters. The van der Waals surface area contributed by atoms with Crippen molar-refractivity contribution >= 4 is 22.4 Å². The van der Waals surface area contributed by atoms with E-state index in [1.54, 1.807) is 26.6 Å². The van der Waals surface area contributed by atoms with Gasteiger partial charge in [0.15, 0.2) is 0 Å². The fraction of sp³-hybridized carbons (Fsp3) is 0.207. The van der Waals surface area contributed by atoms with Gasteiger partial charge in [-0.05, 0) is 44.0 Å². The molecule has 1 N–H and O–H groups in total. The summed E-state index contributed by atoms with van der Waals surface area (Å²) in [7, 11) is 3.26. The number of benzene rings is 3. The van der Waals surface area contributed by atoms with Crippen molar-refractivity contribution in [2.24, 2.45) is 0 Å². The molecule has 0 saturated heterocycles. The number of rotatable bonds is 7. The van der Waals surface area contributed by atoms with Gasteiger partial charge in [0.05, 0.1) is 20.5 Å². The van der Waals surface area contributed by atoms with Crippen LogP contribution in [0, 0.1) is 13.8 Å². The molecule has 0 spiro atoms. The van der Waals surface area contributed by atoms with Crippen LogP contribution in [0.5, 0.6) is 11.5 Å². The second kappa shape index (κ2) is 9.87. The van der Waals surface area contributed by atoms with E-state index in [1.807, 2.05) is 44.2 Å². The fourth-order valence-corrected chi connectivity index (χ4v) is 4.19. The molecule has 0 unspecified atom stereocenters. The summed E-state index contributed by atoms with van der Waals surface area (Å²) in [6, 6.07) is 18.0. The van der Waals surface area contributed by atoms with Gasteiger partial charge >= 0.3 is 0 Å². The summed E-state index contributed by atoms with van der Waals surface area (Å²) in [4.78, 5) is 12.7. The summed E-state index contributed by atoms with van der Waals surface area (Å²) in [6.45, 7) is 6.33. The molecular weight excluding hydrogens is 426 g/mol. The van der Waals surface area contributed by atoms with E-state index in [1.165, 1.54) is 5.56 Å². The van der Waals surface area contributed by atoms with Crippen LogP contribution in [0.1, 0.15) is 29.2 Å². The number of hydrogen-bond donors (Lipinski definition) is 1. The van der Waals surface area contributed by atoms with Gasteiger partial charge in [-0.1, -0.05) is 48.0 Å². The van der Waals surface area contributed by atoms with E-state index < -0.39 is 0 Å². The highest BCUT2D eigenvalue weighted by Crippen LogP contribution is 2.40. The van der Waals surface area contributed by atoms with Crippen LogP contribution >= 0.6 is 0 Å². The Morgan fingerprint density at radius 3 is 2.47 bits per heavy atom. The van der Waals surface area contributed by atoms with E-state index in [0.29, 0.717) is 12.3 Å². The molecule has 0 bridgehead atoms. The van der Waals surface area contributed by atoms with Gasteiger partial charge in [-0.25, -0.2) is 0 Å². The lowest BCUT2D eigenvalue weighted by atomic mass is 9.96. The molecule has 0 aliphatic carbocycles. The quantitative estimate of drug-likeness (QED) is 0.325. The van der Waals surface area contributed by atoms with Crippen LogP contribution in [0.15, 0.2) is 71.4 Å². The van der Waals surface area contributed by atoms with Crippen molar-refractivity contribution in [2.75, 3.05) is 14.2 Å². The molecule has 0 aliphatic rings. The van der Waals surface area contributed by atoms with Crippen molar-refractivity contribution in [3.05, 3.63) is 89.2 Å². The summed E-state index contributed by atoms with van der Waals surface area (Å²) < 4.78 is 17.0. The number of methoxy groups -OCH3 is 2. The van der Waals surface area contributed by atoms with Gasteiger partial charge in [-0.15, -0.1) is 0 Å². The number of amides is 1. The number of nitrogens with one attached hydrogen (secondary N) is 1. The van der Waals surface area contributed by atoms with Gasteiger partial charge in [0, 0.05) is 40.3 Å². The lowest BCUT2D eigenvalue weighted by molar-refractivity contribution is -0.116. The second-order valence-corrected chi connectivity index (χ2v) is 8.33. The Hall–Kier alpha value is -3.99. The smallest absolute Gasteiger partial charge is 0.244 e. The predicted molar refractivity (Wildman–Crippen MR) is 136 cm³/mol. The first-order valence-corrected chi connectivity index (χ1v) is 11.2. The molecule has 1 aromatic heterocycles. The van der Waals surface area contributed by atoms with Crippen LogP contribution in [0.3, 0.4) is 0 Å². The normalized spacial score (nSPS) is 11.5. The van der Waals surface area contributed by atoms with Crippen molar-refractivity contribution in [1.29, 1.82) is 0 Å². The minimum atomic E-state index is -0.186. The van der Waals surface area contributed by atoms with Crippen molar-refractivity contribution in [2.45, 2.75) is 27.3 Å². The topological polar surface area (TPSA) is 60.7 Å². The molecule has 0 saturated carbocycles. The van der Waals surface area contributed by atoms with Crippen LogP contribution in [0.2, 0.25) is 0 Å². The molecule has 0 fully saturated rings. The molecule has 4 rings (SSSR count). The molecule has 34 heavy (non-hydrogen) atoms. The second-order valence-electron chi connectivity index (χ2n) is 8.33. The van der Waals surface area contributed by atoms with Crippen LogP contribution in [-0.4, -0.2) is 20.1 Å². The minimum Gasteiger partial charge on any atom is -0.496 e. The summed E-state index contributed by atoms with van der Waals surface area (Å²) in [5, 5.41) is 3.93. The molecular formula is C29H29NO4. The summed E-state index contributed by atoms with van der Waals surface area (Å²) in [6.07, 6.45) is 3.38. The van der Waals surface area contributed by atoms with Gasteiger partial charge < -0.3 is 19.2 Å². The molecule has 0 aliphatic heterocycles. The van der Waals surface area contributed by atoms with Gasteiger partial charge in [-0.2, -0.15) is 0 Å². The molecule has 1 heterocycles. The Morgan fingerprint density at radius 2 is 1.76 bits per heavy atom. The Kier molecular flexibility index (Phi) is 6.73. The van der Waals surface area contributed by atoms with E-state index in [0.717, 1.165) is 50.1 Å². The summed E-state index contributed by atoms with van der Waals surface area (Å²) in [5.74, 6) is 1.26. The molecule has 5 nitrogen and oxygen atoms in total. The maximum atomic E-state index is 12.7. The lowest BCUT2D eigenvalue weighted by Crippen LogP contribution is -2.21. The van der Waals surface area contributed by atoms with Gasteiger partial charge in [0.2, 0.25) is 5.91 Å². The fourth-order valence-electron chi connectivity index (χ4n) is 4.19. The number of carbonyl (C=O) groups is 1. The third kappa shape index (κ3) is 4.55. The van der Waals surface area contributed by atoms with Crippen LogP contribution in [-0.2, 0) is 11.3 Å².